The molecular formula is C25H30N4O2S2. The van der Waals surface area contributed by atoms with Crippen molar-refractivity contribution in [1.29, 1.82) is 0 Å². The van der Waals surface area contributed by atoms with Crippen LogP contribution in [0.3, 0.4) is 0 Å². The Kier molecular flexibility index (Phi) is 7.45. The highest BCUT2D eigenvalue weighted by Gasteiger charge is 2.25. The molecule has 0 saturated heterocycles. The number of methoxy groups -OCH3 is 1. The minimum Gasteiger partial charge on any atom is -0.465 e. The smallest absolute Gasteiger partial charge is 0.341 e. The van der Waals surface area contributed by atoms with Gasteiger partial charge in [0.05, 0.1) is 36.3 Å². The van der Waals surface area contributed by atoms with E-state index in [-0.39, 0.29) is 5.97 Å². The second-order valence-electron chi connectivity index (χ2n) is 8.38. The van der Waals surface area contributed by atoms with Crippen LogP contribution in [0.5, 0.6) is 0 Å². The van der Waals surface area contributed by atoms with Gasteiger partial charge in [0, 0.05) is 4.88 Å². The van der Waals surface area contributed by atoms with Gasteiger partial charge in [-0.2, -0.15) is 5.10 Å². The van der Waals surface area contributed by atoms with Crippen LogP contribution in [0, 0.1) is 13.8 Å². The maximum atomic E-state index is 12.7. The van der Waals surface area contributed by atoms with Crippen molar-refractivity contribution in [2.24, 2.45) is 0 Å². The van der Waals surface area contributed by atoms with Crippen LogP contribution < -0.4 is 10.6 Å². The number of anilines is 2. The molecule has 0 atom stereocenters. The molecule has 0 amide bonds. The molecule has 0 spiro atoms. The molecule has 2 N–H and O–H groups in total. The predicted octanol–water partition coefficient (Wildman–Crippen LogP) is 5.86. The van der Waals surface area contributed by atoms with Gasteiger partial charge >= 0.3 is 5.97 Å². The standard InChI is InChI=1S/C25H30N4O2S2/c1-16-22(17(2)29(28-16)15-18-11-7-6-8-12-18)26-25(32)27-23-21(24(30)31-3)19-13-9-4-5-10-14-20(19)33-23/h6-8,11-12H,4-5,9-10,13-15H2,1-3H3,(H2,26,27,32). The highest BCUT2D eigenvalue weighted by atomic mass is 32.1. The zero-order valence-corrected chi connectivity index (χ0v) is 21.0. The second-order valence-corrected chi connectivity index (χ2v) is 9.90. The molecule has 2 aromatic heterocycles. The molecule has 174 valence electrons. The number of fused-ring (bicyclic) bond motifs is 1. The molecule has 0 unspecified atom stereocenters. The third-order valence-corrected chi connectivity index (χ3v) is 7.49. The lowest BCUT2D eigenvalue weighted by molar-refractivity contribution is 0.0601. The summed E-state index contributed by atoms with van der Waals surface area (Å²) in [6, 6.07) is 10.3. The minimum absolute atomic E-state index is 0.304. The molecule has 0 fully saturated rings. The summed E-state index contributed by atoms with van der Waals surface area (Å²) in [5.41, 5.74) is 5.72. The molecule has 1 aliphatic rings. The van der Waals surface area contributed by atoms with Gasteiger partial charge in [0.1, 0.15) is 5.00 Å². The molecular weight excluding hydrogens is 452 g/mol. The van der Waals surface area contributed by atoms with Crippen molar-refractivity contribution in [2.75, 3.05) is 17.7 Å². The number of carbonyl (C=O) groups is 1. The Balaban J connectivity index is 1.55. The van der Waals surface area contributed by atoms with Gasteiger partial charge in [-0.25, -0.2) is 4.79 Å². The van der Waals surface area contributed by atoms with E-state index in [1.54, 1.807) is 11.3 Å². The summed E-state index contributed by atoms with van der Waals surface area (Å²) in [4.78, 5) is 13.9. The zero-order chi connectivity index (χ0) is 23.4. The lowest BCUT2D eigenvalue weighted by Gasteiger charge is -2.12. The van der Waals surface area contributed by atoms with E-state index >= 15 is 0 Å². The summed E-state index contributed by atoms with van der Waals surface area (Å²) in [6.07, 6.45) is 6.58. The normalized spacial score (nSPS) is 13.5. The number of ether oxygens (including phenoxy) is 1. The summed E-state index contributed by atoms with van der Waals surface area (Å²) in [5.74, 6) is -0.304. The van der Waals surface area contributed by atoms with Crippen molar-refractivity contribution in [1.82, 2.24) is 9.78 Å². The maximum absolute atomic E-state index is 12.7. The van der Waals surface area contributed by atoms with Crippen LogP contribution in [0.2, 0.25) is 0 Å². The first-order valence-corrected chi connectivity index (χ1v) is 12.6. The van der Waals surface area contributed by atoms with E-state index in [1.165, 1.54) is 30.4 Å². The van der Waals surface area contributed by atoms with E-state index in [9.17, 15) is 4.79 Å². The third kappa shape index (κ3) is 5.28. The Morgan fingerprint density at radius 3 is 2.58 bits per heavy atom. The van der Waals surface area contributed by atoms with Crippen molar-refractivity contribution in [2.45, 2.75) is 58.9 Å². The molecule has 2 heterocycles. The van der Waals surface area contributed by atoms with Crippen LogP contribution >= 0.6 is 23.6 Å². The number of hydrogen-bond donors (Lipinski definition) is 2. The Labute approximate surface area is 204 Å². The number of hydrogen-bond acceptors (Lipinski definition) is 5. The highest BCUT2D eigenvalue weighted by molar-refractivity contribution is 7.80. The van der Waals surface area contributed by atoms with E-state index in [2.05, 4.69) is 22.8 Å². The first-order chi connectivity index (χ1) is 16.0. The number of nitrogens with one attached hydrogen (secondary N) is 2. The van der Waals surface area contributed by atoms with Crippen LogP contribution in [0.1, 0.15) is 63.4 Å². The average Bonchev–Trinajstić information content (AvgIpc) is 3.24. The highest BCUT2D eigenvalue weighted by Crippen LogP contribution is 2.37. The lowest BCUT2D eigenvalue weighted by Crippen LogP contribution is -2.21. The van der Waals surface area contributed by atoms with E-state index in [0.717, 1.165) is 53.3 Å². The van der Waals surface area contributed by atoms with Crippen molar-refractivity contribution in [3.63, 3.8) is 0 Å². The van der Waals surface area contributed by atoms with Gasteiger partial charge in [0.15, 0.2) is 5.11 Å². The van der Waals surface area contributed by atoms with Gasteiger partial charge in [-0.3, -0.25) is 4.68 Å². The van der Waals surface area contributed by atoms with Gasteiger partial charge in [0.25, 0.3) is 0 Å². The molecule has 6 nitrogen and oxygen atoms in total. The molecule has 1 aliphatic carbocycles. The van der Waals surface area contributed by atoms with E-state index in [0.29, 0.717) is 17.2 Å². The summed E-state index contributed by atoms with van der Waals surface area (Å²) >= 11 is 7.27. The fourth-order valence-electron chi connectivity index (χ4n) is 4.36. The Bertz CT molecular complexity index is 1150. The summed E-state index contributed by atoms with van der Waals surface area (Å²) < 4.78 is 7.10. The number of benzene rings is 1. The minimum atomic E-state index is -0.304. The number of carbonyl (C=O) groups excluding carboxylic acids is 1. The number of thiocarbonyl (C=S) groups is 1. The molecule has 0 radical (unpaired) electrons. The fraction of sp³-hybridized carbons (Fsp3) is 0.400. The first kappa shape index (κ1) is 23.4. The van der Waals surface area contributed by atoms with Crippen molar-refractivity contribution in [3.05, 3.63) is 63.3 Å². The zero-order valence-electron chi connectivity index (χ0n) is 19.4. The largest absolute Gasteiger partial charge is 0.465 e. The van der Waals surface area contributed by atoms with Crippen molar-refractivity contribution in [3.8, 4) is 0 Å². The average molecular weight is 483 g/mol. The molecule has 0 aliphatic heterocycles. The SMILES string of the molecule is COC(=O)c1c(NC(=S)Nc2c(C)nn(Cc3ccccc3)c2C)sc2c1CCCCCC2. The molecule has 4 rings (SSSR count). The predicted molar refractivity (Wildman–Crippen MR) is 139 cm³/mol. The molecule has 1 aromatic carbocycles. The molecule has 0 bridgehead atoms. The van der Waals surface area contributed by atoms with E-state index < -0.39 is 0 Å². The van der Waals surface area contributed by atoms with Crippen LogP contribution in [0.4, 0.5) is 10.7 Å². The molecule has 33 heavy (non-hydrogen) atoms. The van der Waals surface area contributed by atoms with Crippen LogP contribution in [-0.2, 0) is 24.1 Å². The van der Waals surface area contributed by atoms with Gasteiger partial charge in [0.2, 0.25) is 0 Å². The number of aromatic nitrogens is 2. The van der Waals surface area contributed by atoms with Crippen LogP contribution in [0.15, 0.2) is 30.3 Å². The number of nitrogens with zero attached hydrogens (tertiary/aromatic N) is 2. The fourth-order valence-corrected chi connectivity index (χ4v) is 5.91. The summed E-state index contributed by atoms with van der Waals surface area (Å²) in [5, 5.41) is 12.5. The van der Waals surface area contributed by atoms with Gasteiger partial charge in [-0.15, -0.1) is 11.3 Å². The quantitative estimate of drug-likeness (QED) is 0.350. The van der Waals surface area contributed by atoms with Crippen LogP contribution in [0.25, 0.3) is 0 Å². The Morgan fingerprint density at radius 2 is 1.85 bits per heavy atom. The topological polar surface area (TPSA) is 68.2 Å². The molecule has 8 heteroatoms. The second kappa shape index (κ2) is 10.5. The molecule has 0 saturated carbocycles. The van der Waals surface area contributed by atoms with Gasteiger partial charge in [-0.05, 0) is 62.9 Å². The Hall–Kier alpha value is -2.71. The van der Waals surface area contributed by atoms with E-state index in [1.807, 2.05) is 36.7 Å². The molecule has 3 aromatic rings. The summed E-state index contributed by atoms with van der Waals surface area (Å²) in [6.45, 7) is 4.69. The number of thiophene rings is 1. The maximum Gasteiger partial charge on any atom is 0.341 e. The van der Waals surface area contributed by atoms with Crippen molar-refractivity contribution >= 4 is 45.3 Å². The number of aryl methyl sites for hydroxylation is 2. The Morgan fingerprint density at radius 1 is 1.12 bits per heavy atom. The van der Waals surface area contributed by atoms with E-state index in [4.69, 9.17) is 22.1 Å². The monoisotopic (exact) mass is 482 g/mol. The number of rotatable bonds is 5. The van der Waals surface area contributed by atoms with Crippen molar-refractivity contribution < 1.29 is 9.53 Å². The summed E-state index contributed by atoms with van der Waals surface area (Å²) in [7, 11) is 1.43. The lowest BCUT2D eigenvalue weighted by atomic mass is 9.96. The van der Waals surface area contributed by atoms with Crippen LogP contribution in [-0.4, -0.2) is 28.0 Å². The van der Waals surface area contributed by atoms with Gasteiger partial charge < -0.3 is 15.4 Å². The number of esters is 1. The first-order valence-electron chi connectivity index (χ1n) is 11.4. The third-order valence-electron chi connectivity index (χ3n) is 6.08. The van der Waals surface area contributed by atoms with Gasteiger partial charge in [-0.1, -0.05) is 43.2 Å².